The van der Waals surface area contributed by atoms with Crippen LogP contribution < -0.4 is 5.69 Å². The zero-order valence-electron chi connectivity index (χ0n) is 12.1. The maximum Gasteiger partial charge on any atom is 0.326 e. The number of aromatic amines is 1. The SMILES string of the molecule is O=C1CCN(C(=O)c2c[nH]c(=O)n2Cc2ccccc2)CC1. The fourth-order valence-electron chi connectivity index (χ4n) is 2.62. The number of imidazole rings is 1. The fourth-order valence-corrected chi connectivity index (χ4v) is 2.62. The number of hydrogen-bond donors (Lipinski definition) is 1. The van der Waals surface area contributed by atoms with Crippen molar-refractivity contribution >= 4 is 11.7 Å². The molecule has 1 fully saturated rings. The second kappa shape index (κ2) is 6.01. The van der Waals surface area contributed by atoms with Crippen LogP contribution in [0.3, 0.4) is 0 Å². The molecular formula is C16H17N3O3. The first-order valence-corrected chi connectivity index (χ1v) is 7.28. The summed E-state index contributed by atoms with van der Waals surface area (Å²) in [5, 5.41) is 0. The van der Waals surface area contributed by atoms with Crippen molar-refractivity contribution < 1.29 is 9.59 Å². The molecule has 0 atom stereocenters. The summed E-state index contributed by atoms with van der Waals surface area (Å²) in [6, 6.07) is 9.51. The molecule has 2 heterocycles. The van der Waals surface area contributed by atoms with Gasteiger partial charge in [-0.1, -0.05) is 30.3 Å². The largest absolute Gasteiger partial charge is 0.336 e. The molecule has 3 rings (SSSR count). The van der Waals surface area contributed by atoms with Crippen molar-refractivity contribution in [2.24, 2.45) is 0 Å². The van der Waals surface area contributed by atoms with Gasteiger partial charge in [0.25, 0.3) is 5.91 Å². The summed E-state index contributed by atoms with van der Waals surface area (Å²) in [5.74, 6) is -0.0263. The van der Waals surface area contributed by atoms with Gasteiger partial charge >= 0.3 is 5.69 Å². The number of ketones is 1. The molecule has 1 aliphatic heterocycles. The summed E-state index contributed by atoms with van der Waals surface area (Å²) in [7, 11) is 0. The Balaban J connectivity index is 1.84. The summed E-state index contributed by atoms with van der Waals surface area (Å²) < 4.78 is 1.44. The third kappa shape index (κ3) is 2.86. The third-order valence-corrected chi connectivity index (χ3v) is 3.88. The van der Waals surface area contributed by atoms with Gasteiger partial charge in [-0.05, 0) is 5.56 Å². The quantitative estimate of drug-likeness (QED) is 0.919. The minimum Gasteiger partial charge on any atom is -0.336 e. The number of amides is 1. The topological polar surface area (TPSA) is 75.2 Å². The number of carbonyl (C=O) groups excluding carboxylic acids is 2. The lowest BCUT2D eigenvalue weighted by Gasteiger charge is -2.26. The monoisotopic (exact) mass is 299 g/mol. The molecule has 6 heteroatoms. The zero-order chi connectivity index (χ0) is 15.5. The number of hydrogen-bond acceptors (Lipinski definition) is 3. The standard InChI is InChI=1S/C16H17N3O3/c20-13-6-8-18(9-7-13)15(21)14-10-17-16(22)19(14)11-12-4-2-1-3-5-12/h1-5,10H,6-9,11H2,(H,17,22). The molecular weight excluding hydrogens is 282 g/mol. The highest BCUT2D eigenvalue weighted by Crippen LogP contribution is 2.11. The van der Waals surface area contributed by atoms with E-state index in [0.717, 1.165) is 5.56 Å². The number of rotatable bonds is 3. The number of likely N-dealkylation sites (tertiary alicyclic amines) is 1. The maximum atomic E-state index is 12.6. The highest BCUT2D eigenvalue weighted by Gasteiger charge is 2.24. The van der Waals surface area contributed by atoms with Gasteiger partial charge in [0, 0.05) is 32.1 Å². The molecule has 6 nitrogen and oxygen atoms in total. The van der Waals surface area contributed by atoms with Crippen LogP contribution in [0, 0.1) is 0 Å². The predicted octanol–water partition coefficient (Wildman–Crippen LogP) is 1.03. The van der Waals surface area contributed by atoms with Gasteiger partial charge in [0.05, 0.1) is 6.54 Å². The number of piperidine rings is 1. The smallest absolute Gasteiger partial charge is 0.326 e. The Kier molecular flexibility index (Phi) is 3.91. The van der Waals surface area contributed by atoms with Crippen LogP contribution in [0.5, 0.6) is 0 Å². The minimum absolute atomic E-state index is 0.180. The van der Waals surface area contributed by atoms with E-state index in [1.807, 2.05) is 30.3 Å². The van der Waals surface area contributed by atoms with E-state index in [0.29, 0.717) is 38.2 Å². The van der Waals surface area contributed by atoms with E-state index >= 15 is 0 Å². The van der Waals surface area contributed by atoms with Crippen LogP contribution in [0.4, 0.5) is 0 Å². The van der Waals surface area contributed by atoms with Crippen molar-refractivity contribution in [2.75, 3.05) is 13.1 Å². The van der Waals surface area contributed by atoms with Gasteiger partial charge in [0.1, 0.15) is 11.5 Å². The Bertz CT molecular complexity index is 735. The summed E-state index contributed by atoms with van der Waals surface area (Å²) in [6.45, 7) is 1.18. The molecule has 22 heavy (non-hydrogen) atoms. The highest BCUT2D eigenvalue weighted by molar-refractivity contribution is 5.93. The van der Waals surface area contributed by atoms with E-state index in [2.05, 4.69) is 4.98 Å². The molecule has 1 saturated heterocycles. The molecule has 1 aromatic heterocycles. The summed E-state index contributed by atoms with van der Waals surface area (Å²) in [6.07, 6.45) is 2.22. The van der Waals surface area contributed by atoms with E-state index in [-0.39, 0.29) is 17.4 Å². The van der Waals surface area contributed by atoms with Crippen LogP contribution in [0.15, 0.2) is 41.3 Å². The Morgan fingerprint density at radius 1 is 1.09 bits per heavy atom. The van der Waals surface area contributed by atoms with E-state index in [4.69, 9.17) is 0 Å². The lowest BCUT2D eigenvalue weighted by Crippen LogP contribution is -2.40. The second-order valence-corrected chi connectivity index (χ2v) is 5.38. The minimum atomic E-state index is -0.305. The molecule has 1 aliphatic rings. The van der Waals surface area contributed by atoms with Crippen molar-refractivity contribution in [3.05, 3.63) is 58.3 Å². The lowest BCUT2D eigenvalue weighted by molar-refractivity contribution is -0.120. The van der Waals surface area contributed by atoms with Gasteiger partial charge < -0.3 is 9.88 Å². The van der Waals surface area contributed by atoms with Crippen LogP contribution in [0.2, 0.25) is 0 Å². The first kappa shape index (κ1) is 14.3. The zero-order valence-corrected chi connectivity index (χ0v) is 12.1. The average Bonchev–Trinajstić information content (AvgIpc) is 2.89. The molecule has 0 spiro atoms. The van der Waals surface area contributed by atoms with Gasteiger partial charge in [0.15, 0.2) is 0 Å². The molecule has 0 bridgehead atoms. The number of nitrogens with one attached hydrogen (secondary N) is 1. The Morgan fingerprint density at radius 3 is 2.45 bits per heavy atom. The normalized spacial score (nSPS) is 15.1. The van der Waals surface area contributed by atoms with Gasteiger partial charge in [-0.3, -0.25) is 14.2 Å². The van der Waals surface area contributed by atoms with Crippen LogP contribution in [0.1, 0.15) is 28.9 Å². The lowest BCUT2D eigenvalue weighted by atomic mass is 10.1. The van der Waals surface area contributed by atoms with E-state index in [9.17, 15) is 14.4 Å². The fraction of sp³-hybridized carbons (Fsp3) is 0.312. The van der Waals surface area contributed by atoms with Crippen LogP contribution in [-0.4, -0.2) is 39.2 Å². The number of nitrogens with zero attached hydrogens (tertiary/aromatic N) is 2. The predicted molar refractivity (Wildman–Crippen MR) is 80.7 cm³/mol. The highest BCUT2D eigenvalue weighted by atomic mass is 16.2. The van der Waals surface area contributed by atoms with Crippen LogP contribution in [-0.2, 0) is 11.3 Å². The molecule has 0 unspecified atom stereocenters. The van der Waals surface area contributed by atoms with E-state index < -0.39 is 0 Å². The van der Waals surface area contributed by atoms with Crippen LogP contribution >= 0.6 is 0 Å². The van der Waals surface area contributed by atoms with Crippen molar-refractivity contribution in [1.82, 2.24) is 14.5 Å². The Morgan fingerprint density at radius 2 is 1.77 bits per heavy atom. The molecule has 1 amide bonds. The Labute approximate surface area is 127 Å². The molecule has 1 aromatic carbocycles. The molecule has 2 aromatic rings. The van der Waals surface area contributed by atoms with Crippen molar-refractivity contribution in [3.63, 3.8) is 0 Å². The number of H-pyrrole nitrogens is 1. The van der Waals surface area contributed by atoms with Gasteiger partial charge in [-0.2, -0.15) is 0 Å². The maximum absolute atomic E-state index is 12.6. The van der Waals surface area contributed by atoms with Gasteiger partial charge in [-0.15, -0.1) is 0 Å². The molecule has 0 saturated carbocycles. The number of carbonyl (C=O) groups is 2. The van der Waals surface area contributed by atoms with Crippen molar-refractivity contribution in [3.8, 4) is 0 Å². The Hall–Kier alpha value is -2.63. The van der Waals surface area contributed by atoms with E-state index in [1.54, 1.807) is 4.90 Å². The summed E-state index contributed by atoms with van der Waals surface area (Å²) >= 11 is 0. The third-order valence-electron chi connectivity index (χ3n) is 3.88. The second-order valence-electron chi connectivity index (χ2n) is 5.38. The van der Waals surface area contributed by atoms with Gasteiger partial charge in [-0.25, -0.2) is 4.79 Å². The summed E-state index contributed by atoms with van der Waals surface area (Å²) in [5.41, 5.74) is 0.982. The molecule has 0 radical (unpaired) electrons. The van der Waals surface area contributed by atoms with E-state index in [1.165, 1.54) is 10.8 Å². The first-order chi connectivity index (χ1) is 10.6. The number of Topliss-reactive ketones (excluding diaryl/α,β-unsaturated/α-hetero) is 1. The first-order valence-electron chi connectivity index (χ1n) is 7.28. The number of aromatic nitrogens is 2. The van der Waals surface area contributed by atoms with Crippen LogP contribution in [0.25, 0.3) is 0 Å². The number of benzene rings is 1. The van der Waals surface area contributed by atoms with Crippen molar-refractivity contribution in [1.29, 1.82) is 0 Å². The average molecular weight is 299 g/mol. The van der Waals surface area contributed by atoms with Gasteiger partial charge in [0.2, 0.25) is 0 Å². The molecule has 0 aliphatic carbocycles. The summed E-state index contributed by atoms with van der Waals surface area (Å²) in [4.78, 5) is 40.0. The molecule has 1 N–H and O–H groups in total. The molecule has 114 valence electrons. The van der Waals surface area contributed by atoms with Crippen molar-refractivity contribution in [2.45, 2.75) is 19.4 Å².